The molecule has 2 rings (SSSR count). The number of hydroxylamine groups is 1. The molecular weight excluding hydrogens is 198 g/mol. The third kappa shape index (κ3) is 1.46. The average Bonchev–Trinajstić information content (AvgIpc) is 2.17. The summed E-state index contributed by atoms with van der Waals surface area (Å²) in [6, 6.07) is 5.20. The van der Waals surface area contributed by atoms with Crippen LogP contribution in [-0.4, -0.2) is 28.1 Å². The van der Waals surface area contributed by atoms with Gasteiger partial charge in [-0.1, -0.05) is 18.2 Å². The summed E-state index contributed by atoms with van der Waals surface area (Å²) in [6.07, 6.45) is 0.0458. The van der Waals surface area contributed by atoms with Crippen LogP contribution in [0, 0.1) is 0 Å². The summed E-state index contributed by atoms with van der Waals surface area (Å²) in [6.45, 7) is 0. The number of carbonyl (C=O) groups excluding carboxylic acids is 1. The van der Waals surface area contributed by atoms with E-state index in [1.807, 2.05) is 0 Å². The molecule has 0 saturated carbocycles. The lowest BCUT2D eigenvalue weighted by molar-refractivity contribution is -0.144. The lowest BCUT2D eigenvalue weighted by atomic mass is 9.96. The highest BCUT2D eigenvalue weighted by atomic mass is 16.5. The summed E-state index contributed by atoms with van der Waals surface area (Å²) >= 11 is 0. The van der Waals surface area contributed by atoms with Gasteiger partial charge >= 0.3 is 5.97 Å². The molecule has 5 heteroatoms. The molecule has 1 atom stereocenters. The number of hydrogen-bond donors (Lipinski definition) is 2. The zero-order valence-corrected chi connectivity index (χ0v) is 7.75. The zero-order valence-electron chi connectivity index (χ0n) is 7.75. The first-order valence-corrected chi connectivity index (χ1v) is 4.43. The van der Waals surface area contributed by atoms with Crippen molar-refractivity contribution in [3.05, 3.63) is 29.8 Å². The number of benzene rings is 1. The Balaban J connectivity index is 2.47. The maximum Gasteiger partial charge on any atom is 0.336 e. The Labute approximate surface area is 85.5 Å². The highest BCUT2D eigenvalue weighted by Crippen LogP contribution is 2.27. The molecule has 0 spiro atoms. The second kappa shape index (κ2) is 3.36. The SMILES string of the molecule is O=C(O)[C@@H]1C(=O)Cc2ccccc2N1O. The van der Waals surface area contributed by atoms with E-state index in [9.17, 15) is 14.8 Å². The highest BCUT2D eigenvalue weighted by Gasteiger charge is 2.37. The normalized spacial score (nSPS) is 19.9. The molecule has 0 amide bonds. The first-order valence-electron chi connectivity index (χ1n) is 4.43. The minimum absolute atomic E-state index is 0.0458. The van der Waals surface area contributed by atoms with E-state index >= 15 is 0 Å². The second-order valence-electron chi connectivity index (χ2n) is 3.36. The van der Waals surface area contributed by atoms with Crippen LogP contribution in [0.3, 0.4) is 0 Å². The largest absolute Gasteiger partial charge is 0.479 e. The standard InChI is InChI=1S/C10H9NO4/c12-8-5-6-3-1-2-4-7(6)11(15)9(8)10(13)14/h1-4,9,15H,5H2,(H,13,14)/t9-/m0/s1. The summed E-state index contributed by atoms with van der Waals surface area (Å²) in [5, 5.41) is 18.9. The number of carbonyl (C=O) groups is 2. The Morgan fingerprint density at radius 2 is 2.07 bits per heavy atom. The fraction of sp³-hybridized carbons (Fsp3) is 0.200. The average molecular weight is 207 g/mol. The molecule has 1 aliphatic heterocycles. The van der Waals surface area contributed by atoms with E-state index in [4.69, 9.17) is 5.11 Å². The summed E-state index contributed by atoms with van der Waals surface area (Å²) in [5.41, 5.74) is 1.02. The van der Waals surface area contributed by atoms with Gasteiger partial charge in [-0.05, 0) is 11.6 Å². The van der Waals surface area contributed by atoms with Crippen molar-refractivity contribution in [2.45, 2.75) is 12.5 Å². The highest BCUT2D eigenvalue weighted by molar-refractivity contribution is 6.08. The third-order valence-corrected chi connectivity index (χ3v) is 2.39. The summed E-state index contributed by atoms with van der Waals surface area (Å²) < 4.78 is 0. The molecule has 15 heavy (non-hydrogen) atoms. The van der Waals surface area contributed by atoms with Gasteiger partial charge in [0.2, 0.25) is 6.04 Å². The number of carboxylic acids is 1. The number of aliphatic carboxylic acids is 1. The van der Waals surface area contributed by atoms with Crippen LogP contribution in [0.2, 0.25) is 0 Å². The van der Waals surface area contributed by atoms with E-state index < -0.39 is 17.8 Å². The van der Waals surface area contributed by atoms with Crippen LogP contribution < -0.4 is 5.06 Å². The lowest BCUT2D eigenvalue weighted by Gasteiger charge is -2.29. The van der Waals surface area contributed by atoms with Crippen LogP contribution in [0.15, 0.2) is 24.3 Å². The van der Waals surface area contributed by atoms with Gasteiger partial charge in [-0.15, -0.1) is 0 Å². The molecule has 2 N–H and O–H groups in total. The van der Waals surface area contributed by atoms with Crippen molar-refractivity contribution in [3.8, 4) is 0 Å². The van der Waals surface area contributed by atoms with Crippen LogP contribution in [0.1, 0.15) is 5.56 Å². The number of hydrogen-bond acceptors (Lipinski definition) is 4. The van der Waals surface area contributed by atoms with E-state index in [0.717, 1.165) is 0 Å². The quantitative estimate of drug-likeness (QED) is 0.654. The molecule has 0 bridgehead atoms. The summed E-state index contributed by atoms with van der Waals surface area (Å²) in [5.74, 6) is -1.85. The Kier molecular flexibility index (Phi) is 2.17. The minimum Gasteiger partial charge on any atom is -0.479 e. The monoisotopic (exact) mass is 207 g/mol. The Morgan fingerprint density at radius 3 is 2.73 bits per heavy atom. The van der Waals surface area contributed by atoms with Gasteiger partial charge in [0.05, 0.1) is 5.69 Å². The van der Waals surface area contributed by atoms with E-state index in [1.54, 1.807) is 24.3 Å². The number of ketones is 1. The van der Waals surface area contributed by atoms with Crippen LogP contribution in [0.5, 0.6) is 0 Å². The van der Waals surface area contributed by atoms with Crippen molar-refractivity contribution in [1.29, 1.82) is 0 Å². The van der Waals surface area contributed by atoms with Gasteiger partial charge in [-0.2, -0.15) is 0 Å². The van der Waals surface area contributed by atoms with Gasteiger partial charge in [-0.3, -0.25) is 10.0 Å². The van der Waals surface area contributed by atoms with Crippen LogP contribution in [0.25, 0.3) is 0 Å². The van der Waals surface area contributed by atoms with Crippen LogP contribution >= 0.6 is 0 Å². The van der Waals surface area contributed by atoms with Crippen molar-refractivity contribution in [2.75, 3.05) is 5.06 Å². The van der Waals surface area contributed by atoms with Crippen molar-refractivity contribution >= 4 is 17.4 Å². The molecule has 0 aliphatic carbocycles. The van der Waals surface area contributed by atoms with Crippen molar-refractivity contribution < 1.29 is 19.9 Å². The van der Waals surface area contributed by atoms with Crippen molar-refractivity contribution in [1.82, 2.24) is 0 Å². The van der Waals surface area contributed by atoms with Gasteiger partial charge in [0.15, 0.2) is 5.78 Å². The van der Waals surface area contributed by atoms with Gasteiger partial charge < -0.3 is 5.11 Å². The molecule has 1 aromatic carbocycles. The van der Waals surface area contributed by atoms with E-state index in [0.29, 0.717) is 16.3 Å². The first-order chi connectivity index (χ1) is 7.11. The van der Waals surface area contributed by atoms with Crippen molar-refractivity contribution in [3.63, 3.8) is 0 Å². The molecular formula is C10H9NO4. The number of para-hydroxylation sites is 1. The molecule has 0 aromatic heterocycles. The summed E-state index contributed by atoms with van der Waals surface area (Å²) in [4.78, 5) is 22.2. The number of rotatable bonds is 1. The van der Waals surface area contributed by atoms with E-state index in [2.05, 4.69) is 0 Å². The molecule has 1 aliphatic rings. The molecule has 5 nitrogen and oxygen atoms in total. The fourth-order valence-electron chi connectivity index (χ4n) is 1.69. The van der Waals surface area contributed by atoms with Crippen LogP contribution in [-0.2, 0) is 16.0 Å². The van der Waals surface area contributed by atoms with Crippen LogP contribution in [0.4, 0.5) is 5.69 Å². The smallest absolute Gasteiger partial charge is 0.336 e. The predicted molar refractivity (Wildman–Crippen MR) is 50.8 cm³/mol. The van der Waals surface area contributed by atoms with E-state index in [-0.39, 0.29) is 6.42 Å². The molecule has 0 radical (unpaired) electrons. The van der Waals surface area contributed by atoms with Gasteiger partial charge in [0.25, 0.3) is 0 Å². The molecule has 78 valence electrons. The number of carboxylic acid groups (broad SMARTS) is 1. The fourth-order valence-corrected chi connectivity index (χ4v) is 1.69. The Hall–Kier alpha value is -1.88. The number of anilines is 1. The number of Topliss-reactive ketones (excluding diaryl/α,β-unsaturated/α-hetero) is 1. The minimum atomic E-state index is -1.49. The second-order valence-corrected chi connectivity index (χ2v) is 3.36. The van der Waals surface area contributed by atoms with Gasteiger partial charge in [0.1, 0.15) is 0 Å². The molecule has 1 aromatic rings. The molecule has 0 unspecified atom stereocenters. The molecule has 0 saturated heterocycles. The Bertz CT molecular complexity index is 429. The topological polar surface area (TPSA) is 77.8 Å². The first kappa shape index (κ1) is 9.67. The Morgan fingerprint density at radius 1 is 1.40 bits per heavy atom. The number of fused-ring (bicyclic) bond motifs is 1. The predicted octanol–water partition coefficient (Wildman–Crippen LogP) is 0.461. The molecule has 1 heterocycles. The maximum absolute atomic E-state index is 11.4. The third-order valence-electron chi connectivity index (χ3n) is 2.39. The van der Waals surface area contributed by atoms with Gasteiger partial charge in [0, 0.05) is 6.42 Å². The zero-order chi connectivity index (χ0) is 11.0. The maximum atomic E-state index is 11.4. The lowest BCUT2D eigenvalue weighted by Crippen LogP contribution is -2.49. The van der Waals surface area contributed by atoms with Crippen molar-refractivity contribution in [2.24, 2.45) is 0 Å². The van der Waals surface area contributed by atoms with Gasteiger partial charge in [-0.25, -0.2) is 9.86 Å². The number of nitrogens with zero attached hydrogens (tertiary/aromatic N) is 1. The molecule has 0 fully saturated rings. The summed E-state index contributed by atoms with van der Waals surface area (Å²) in [7, 11) is 0. The van der Waals surface area contributed by atoms with E-state index in [1.165, 1.54) is 0 Å².